The fourth-order valence-corrected chi connectivity index (χ4v) is 6.95. The van der Waals surface area contributed by atoms with Gasteiger partial charge in [-0.3, -0.25) is 0 Å². The molecule has 0 amide bonds. The molecule has 43 heavy (non-hydrogen) atoms. The normalized spacial score (nSPS) is 11.7. The van der Waals surface area contributed by atoms with Gasteiger partial charge in [0.1, 0.15) is 11.2 Å². The minimum atomic E-state index is 0.914. The van der Waals surface area contributed by atoms with Gasteiger partial charge in [-0.05, 0) is 72.4 Å². The minimum Gasteiger partial charge on any atom is -0.455 e. The Kier molecular flexibility index (Phi) is 5.27. The van der Waals surface area contributed by atoms with E-state index in [0.29, 0.717) is 0 Å². The standard InChI is InChI=1S/C42H26O/c1-2-11-27(12-3-1)28-21-23-30(24-22-28)39-32-15-6-8-17-34(32)40(35-18-9-7-16-33(35)39)36-19-10-20-38-41(36)37-26-25-29-13-4-5-14-31(29)42(37)43-38/h1-26H. The van der Waals surface area contributed by atoms with E-state index in [2.05, 4.69) is 158 Å². The lowest BCUT2D eigenvalue weighted by Gasteiger charge is -2.18. The Bertz CT molecular complexity index is 2420. The van der Waals surface area contributed by atoms with Crippen LogP contribution >= 0.6 is 0 Å². The first-order valence-corrected chi connectivity index (χ1v) is 14.8. The van der Waals surface area contributed by atoms with Crippen LogP contribution in [-0.2, 0) is 0 Å². The van der Waals surface area contributed by atoms with E-state index >= 15 is 0 Å². The highest BCUT2D eigenvalue weighted by molar-refractivity contribution is 6.27. The molecule has 0 N–H and O–H groups in total. The molecule has 0 atom stereocenters. The lowest BCUT2D eigenvalue weighted by molar-refractivity contribution is 0.673. The molecule has 0 fully saturated rings. The maximum absolute atomic E-state index is 6.59. The highest BCUT2D eigenvalue weighted by Crippen LogP contribution is 2.47. The van der Waals surface area contributed by atoms with Crippen LogP contribution in [0, 0.1) is 0 Å². The Morgan fingerprint density at radius 3 is 1.58 bits per heavy atom. The van der Waals surface area contributed by atoms with Gasteiger partial charge in [0.05, 0.1) is 0 Å². The molecular formula is C42H26O. The number of benzene rings is 8. The largest absolute Gasteiger partial charge is 0.455 e. The molecule has 8 aromatic carbocycles. The van der Waals surface area contributed by atoms with E-state index in [1.807, 2.05) is 0 Å². The van der Waals surface area contributed by atoms with E-state index in [4.69, 9.17) is 4.42 Å². The van der Waals surface area contributed by atoms with Crippen LogP contribution in [0.1, 0.15) is 0 Å². The van der Waals surface area contributed by atoms with Gasteiger partial charge in [0.25, 0.3) is 0 Å². The van der Waals surface area contributed by atoms with Crippen molar-refractivity contribution < 1.29 is 4.42 Å². The number of fused-ring (bicyclic) bond motifs is 7. The molecule has 1 aromatic heterocycles. The van der Waals surface area contributed by atoms with Crippen LogP contribution in [0.4, 0.5) is 0 Å². The molecule has 0 saturated carbocycles. The molecule has 1 heterocycles. The van der Waals surface area contributed by atoms with Gasteiger partial charge in [0.15, 0.2) is 0 Å². The van der Waals surface area contributed by atoms with Crippen molar-refractivity contribution >= 4 is 54.3 Å². The maximum Gasteiger partial charge on any atom is 0.143 e. The zero-order valence-corrected chi connectivity index (χ0v) is 23.4. The summed E-state index contributed by atoms with van der Waals surface area (Å²) in [6.07, 6.45) is 0. The molecule has 0 unspecified atom stereocenters. The molecule has 9 aromatic rings. The highest BCUT2D eigenvalue weighted by atomic mass is 16.3. The van der Waals surface area contributed by atoms with E-state index in [-0.39, 0.29) is 0 Å². The van der Waals surface area contributed by atoms with Gasteiger partial charge in [-0.1, -0.05) is 146 Å². The zero-order valence-electron chi connectivity index (χ0n) is 23.4. The van der Waals surface area contributed by atoms with Gasteiger partial charge in [0.2, 0.25) is 0 Å². The van der Waals surface area contributed by atoms with Crippen molar-refractivity contribution in [3.63, 3.8) is 0 Å². The van der Waals surface area contributed by atoms with Crippen LogP contribution in [0.25, 0.3) is 87.6 Å². The first kappa shape index (κ1) is 24.0. The average Bonchev–Trinajstić information content (AvgIpc) is 3.47. The van der Waals surface area contributed by atoms with Crippen molar-refractivity contribution in [3.8, 4) is 33.4 Å². The van der Waals surface area contributed by atoms with Crippen molar-refractivity contribution in [2.24, 2.45) is 0 Å². The second-order valence-corrected chi connectivity index (χ2v) is 11.2. The highest BCUT2D eigenvalue weighted by Gasteiger charge is 2.20. The third-order valence-corrected chi connectivity index (χ3v) is 8.87. The van der Waals surface area contributed by atoms with Gasteiger partial charge >= 0.3 is 0 Å². The van der Waals surface area contributed by atoms with Crippen LogP contribution in [0.15, 0.2) is 162 Å². The van der Waals surface area contributed by atoms with Gasteiger partial charge in [-0.2, -0.15) is 0 Å². The Balaban J connectivity index is 1.35. The molecule has 1 nitrogen and oxygen atoms in total. The lowest BCUT2D eigenvalue weighted by atomic mass is 9.84. The average molecular weight is 547 g/mol. The summed E-state index contributed by atoms with van der Waals surface area (Å²) in [4.78, 5) is 0. The first-order valence-electron chi connectivity index (χ1n) is 14.8. The van der Waals surface area contributed by atoms with E-state index in [1.165, 1.54) is 65.7 Å². The SMILES string of the molecule is c1ccc(-c2ccc(-c3c4ccccc4c(-c4cccc5oc6c7ccccc7ccc6c45)c4ccccc34)cc2)cc1. The third-order valence-electron chi connectivity index (χ3n) is 8.87. The van der Waals surface area contributed by atoms with Crippen LogP contribution in [0.5, 0.6) is 0 Å². The van der Waals surface area contributed by atoms with E-state index in [0.717, 1.165) is 21.9 Å². The molecule has 0 spiro atoms. The van der Waals surface area contributed by atoms with Gasteiger partial charge in [-0.15, -0.1) is 0 Å². The minimum absolute atomic E-state index is 0.914. The second-order valence-electron chi connectivity index (χ2n) is 11.2. The maximum atomic E-state index is 6.59. The lowest BCUT2D eigenvalue weighted by Crippen LogP contribution is -1.91. The Morgan fingerprint density at radius 1 is 0.326 bits per heavy atom. The van der Waals surface area contributed by atoms with E-state index in [1.54, 1.807) is 0 Å². The van der Waals surface area contributed by atoms with Gasteiger partial charge in [-0.25, -0.2) is 0 Å². The van der Waals surface area contributed by atoms with Crippen LogP contribution < -0.4 is 0 Å². The predicted molar refractivity (Wildman–Crippen MR) is 183 cm³/mol. The van der Waals surface area contributed by atoms with Gasteiger partial charge < -0.3 is 4.42 Å². The molecule has 9 rings (SSSR count). The van der Waals surface area contributed by atoms with E-state index in [9.17, 15) is 0 Å². The van der Waals surface area contributed by atoms with Crippen molar-refractivity contribution in [3.05, 3.63) is 158 Å². The number of furan rings is 1. The third kappa shape index (κ3) is 3.65. The molecule has 0 saturated heterocycles. The summed E-state index contributed by atoms with van der Waals surface area (Å²) in [5.74, 6) is 0. The monoisotopic (exact) mass is 546 g/mol. The second kappa shape index (κ2) is 9.44. The molecule has 0 bridgehead atoms. The summed E-state index contributed by atoms with van der Waals surface area (Å²) in [7, 11) is 0. The molecule has 1 heteroatoms. The number of hydrogen-bond acceptors (Lipinski definition) is 1. The summed E-state index contributed by atoms with van der Waals surface area (Å²) in [6, 6.07) is 56.7. The fourth-order valence-electron chi connectivity index (χ4n) is 6.95. The summed E-state index contributed by atoms with van der Waals surface area (Å²) in [5.41, 5.74) is 9.25. The van der Waals surface area contributed by atoms with E-state index < -0.39 is 0 Å². The number of rotatable bonds is 3. The number of hydrogen-bond donors (Lipinski definition) is 0. The van der Waals surface area contributed by atoms with Crippen molar-refractivity contribution in [1.82, 2.24) is 0 Å². The van der Waals surface area contributed by atoms with Crippen molar-refractivity contribution in [2.75, 3.05) is 0 Å². The zero-order chi connectivity index (χ0) is 28.3. The van der Waals surface area contributed by atoms with Crippen molar-refractivity contribution in [1.29, 1.82) is 0 Å². The molecule has 200 valence electrons. The molecule has 0 radical (unpaired) electrons. The molecule has 0 aliphatic rings. The molecule has 0 aliphatic heterocycles. The predicted octanol–water partition coefficient (Wildman–Crippen LogP) is 12.0. The summed E-state index contributed by atoms with van der Waals surface area (Å²) >= 11 is 0. The Labute approximate surface area is 249 Å². The van der Waals surface area contributed by atoms with Gasteiger partial charge in [0, 0.05) is 16.2 Å². The molecule has 0 aliphatic carbocycles. The quantitative estimate of drug-likeness (QED) is 0.201. The van der Waals surface area contributed by atoms with Crippen LogP contribution in [0.3, 0.4) is 0 Å². The van der Waals surface area contributed by atoms with Crippen LogP contribution in [0.2, 0.25) is 0 Å². The molecular weight excluding hydrogens is 520 g/mol. The smallest absolute Gasteiger partial charge is 0.143 e. The summed E-state index contributed by atoms with van der Waals surface area (Å²) in [5, 5.41) is 9.63. The fraction of sp³-hybridized carbons (Fsp3) is 0. The van der Waals surface area contributed by atoms with Crippen molar-refractivity contribution in [2.45, 2.75) is 0 Å². The Hall–Kier alpha value is -5.66. The first-order chi connectivity index (χ1) is 21.3. The summed E-state index contributed by atoms with van der Waals surface area (Å²) < 4.78 is 6.59. The topological polar surface area (TPSA) is 13.1 Å². The Morgan fingerprint density at radius 2 is 0.884 bits per heavy atom. The summed E-state index contributed by atoms with van der Waals surface area (Å²) in [6.45, 7) is 0. The van der Waals surface area contributed by atoms with Crippen LogP contribution in [-0.4, -0.2) is 0 Å².